The molecule has 10 aromatic heterocycles. The van der Waals surface area contributed by atoms with E-state index in [9.17, 15) is 0 Å². The summed E-state index contributed by atoms with van der Waals surface area (Å²) in [5.74, 6) is 1.93. The van der Waals surface area contributed by atoms with Gasteiger partial charge in [-0.15, -0.1) is 0 Å². The molecule has 0 unspecified atom stereocenters. The maximum Gasteiger partial charge on any atom is 0.145 e. The van der Waals surface area contributed by atoms with Gasteiger partial charge in [-0.05, 0) is 183 Å². The lowest BCUT2D eigenvalue weighted by molar-refractivity contribution is 0.623. The van der Waals surface area contributed by atoms with E-state index in [1.165, 1.54) is 156 Å². The van der Waals surface area contributed by atoms with Crippen LogP contribution in [0.3, 0.4) is 0 Å². The van der Waals surface area contributed by atoms with E-state index in [2.05, 4.69) is 524 Å². The maximum atomic E-state index is 5.12. The molecular formula is C138H104N12. The molecule has 716 valence electrons. The fraction of sp³-hybridized carbons (Fsp3) is 0.0942. The third-order valence-corrected chi connectivity index (χ3v) is 32.2. The second-order valence-electron chi connectivity index (χ2n) is 42.3. The van der Waals surface area contributed by atoms with Gasteiger partial charge in [0.05, 0.1) is 66.6 Å². The minimum absolute atomic E-state index is 0.0932. The van der Waals surface area contributed by atoms with Crippen LogP contribution in [0.4, 0.5) is 0 Å². The van der Waals surface area contributed by atoms with E-state index >= 15 is 0 Å². The lowest BCUT2D eigenvalue weighted by Gasteiger charge is -2.25. The summed E-state index contributed by atoms with van der Waals surface area (Å²) < 4.78 is 16.5. The lowest BCUT2D eigenvalue weighted by Crippen LogP contribution is -2.19. The molecule has 4 aliphatic carbocycles. The molecule has 31 rings (SSSR count). The summed E-state index contributed by atoms with van der Waals surface area (Å²) in [6, 6.07) is 161. The molecule has 150 heavy (non-hydrogen) atoms. The van der Waals surface area contributed by atoms with E-state index in [0.29, 0.717) is 0 Å². The van der Waals surface area contributed by atoms with Gasteiger partial charge >= 0.3 is 0 Å². The zero-order valence-electron chi connectivity index (χ0n) is 84.8. The Hall–Kier alpha value is -18.7. The van der Waals surface area contributed by atoms with E-state index < -0.39 is 0 Å². The Kier molecular flexibility index (Phi) is 20.3. The zero-order chi connectivity index (χ0) is 101. The molecule has 0 fully saturated rings. The predicted molar refractivity (Wildman–Crippen MR) is 619 cm³/mol. The Morgan fingerprint density at radius 3 is 1.07 bits per heavy atom. The third kappa shape index (κ3) is 13.8. The normalized spacial score (nSPS) is 13.7. The van der Waals surface area contributed by atoms with Crippen molar-refractivity contribution in [2.24, 2.45) is 7.05 Å². The molecule has 0 amide bonds. The summed E-state index contributed by atoms with van der Waals surface area (Å²) in [5, 5.41) is 7.43. The average Bonchev–Trinajstić information content (AvgIpc) is 1.54. The van der Waals surface area contributed by atoms with Gasteiger partial charge in [-0.2, -0.15) is 0 Å². The Bertz CT molecular complexity index is 10200. The van der Waals surface area contributed by atoms with Crippen molar-refractivity contribution in [3.05, 3.63) is 513 Å². The van der Waals surface area contributed by atoms with Crippen LogP contribution >= 0.6 is 0 Å². The molecule has 10 heterocycles. The van der Waals surface area contributed by atoms with Gasteiger partial charge in [0.2, 0.25) is 0 Å². The van der Waals surface area contributed by atoms with Crippen molar-refractivity contribution in [1.29, 1.82) is 0 Å². The van der Waals surface area contributed by atoms with Crippen LogP contribution in [0.5, 0.6) is 0 Å². The van der Waals surface area contributed by atoms with Crippen LogP contribution in [0.25, 0.3) is 222 Å². The number of pyridine rings is 3. The van der Waals surface area contributed by atoms with E-state index in [1.807, 2.05) is 42.7 Å². The molecule has 4 aliphatic rings. The zero-order valence-corrected chi connectivity index (χ0v) is 84.8. The first-order valence-corrected chi connectivity index (χ1v) is 51.9. The van der Waals surface area contributed by atoms with Crippen molar-refractivity contribution in [1.82, 2.24) is 56.7 Å². The molecule has 0 atom stereocenters. The molecule has 12 nitrogen and oxygen atoms in total. The lowest BCUT2D eigenvalue weighted by atomic mass is 9.85. The van der Waals surface area contributed by atoms with Gasteiger partial charge in [0.25, 0.3) is 0 Å². The van der Waals surface area contributed by atoms with Crippen LogP contribution in [-0.4, -0.2) is 56.7 Å². The van der Waals surface area contributed by atoms with Crippen LogP contribution < -0.4 is 0 Å². The summed E-state index contributed by atoms with van der Waals surface area (Å²) in [4.78, 5) is 24.6. The molecule has 0 radical (unpaired) electrons. The summed E-state index contributed by atoms with van der Waals surface area (Å²) >= 11 is 0. The van der Waals surface area contributed by atoms with Crippen LogP contribution in [0.2, 0.25) is 0 Å². The highest BCUT2D eigenvalue weighted by Crippen LogP contribution is 2.59. The first kappa shape index (κ1) is 89.0. The van der Waals surface area contributed by atoms with Gasteiger partial charge in [0.1, 0.15) is 17.3 Å². The molecule has 0 bridgehead atoms. The van der Waals surface area contributed by atoms with Crippen molar-refractivity contribution in [2.45, 2.75) is 77.0 Å². The van der Waals surface area contributed by atoms with Crippen LogP contribution in [0, 0.1) is 0 Å². The molecule has 0 saturated heterocycles. The van der Waals surface area contributed by atoms with Crippen molar-refractivity contribution in [3.8, 4) is 129 Å². The predicted octanol–water partition coefficient (Wildman–Crippen LogP) is 34.1. The Morgan fingerprint density at radius 1 is 0.227 bits per heavy atom. The topological polar surface area (TPSA) is 98.4 Å². The second kappa shape index (κ2) is 34.2. The Morgan fingerprint density at radius 2 is 0.587 bits per heavy atom. The fourth-order valence-corrected chi connectivity index (χ4v) is 25.4. The van der Waals surface area contributed by atoms with Crippen molar-refractivity contribution < 1.29 is 0 Å². The van der Waals surface area contributed by atoms with E-state index in [4.69, 9.17) is 19.9 Å². The van der Waals surface area contributed by atoms with Crippen LogP contribution in [0.15, 0.2) is 468 Å². The molecule has 12 heteroatoms. The number of nitrogens with zero attached hydrogens (tertiary/aromatic N) is 12. The molecule has 17 aromatic carbocycles. The minimum atomic E-state index is -0.127. The summed E-state index contributed by atoms with van der Waals surface area (Å²) in [5.41, 5.74) is 47.9. The molecular weight excluding hydrogens is 1830 g/mol. The van der Waals surface area contributed by atoms with Crippen molar-refractivity contribution in [2.75, 3.05) is 0 Å². The van der Waals surface area contributed by atoms with Crippen molar-refractivity contribution in [3.63, 3.8) is 0 Å². The Labute approximate surface area is 869 Å². The fourth-order valence-electron chi connectivity index (χ4n) is 25.4. The van der Waals surface area contributed by atoms with Gasteiger partial charge in [0.15, 0.2) is 0 Å². The van der Waals surface area contributed by atoms with Crippen LogP contribution in [-0.2, 0) is 28.7 Å². The minimum Gasteiger partial charge on any atom is -0.327 e. The highest BCUT2D eigenvalue weighted by atomic mass is 15.1. The maximum absolute atomic E-state index is 5.12. The molecule has 0 aliphatic heterocycles. The number of rotatable bonds is 10. The van der Waals surface area contributed by atoms with Gasteiger partial charge in [0, 0.05) is 175 Å². The number of imidazole rings is 3. The first-order chi connectivity index (χ1) is 73.4. The largest absolute Gasteiger partial charge is 0.327 e. The van der Waals surface area contributed by atoms with Gasteiger partial charge in [-0.3, -0.25) is 9.55 Å². The standard InChI is InChI=1S/C37H29N3.C36H27N3.C35H25N3.C30H23N3/c1-37(2)30-18-9-7-16-28(30)34-29-17-8-10-19-32(29)40(35(34)37)27-15-11-14-25(22-27)26-20-21-31-33(23-26)39(3)36(38-31)24-12-5-4-6-13-24;1-36(2)29-19-8-6-17-27(29)33-28-18-7-10-21-31(28)38(34(33)36)25-15-12-16-26(23-25)39-32-22-11-9-20-30(32)37-35(39)24-13-4-3-5-14-24;1-35(2)28-14-5-3-12-26(28)31-27-13-4-6-15-30(27)38(34(31)35)25-11-7-9-24(21-25)29-19-18-23-17-16-22-10-8-20-36-32(22)33(23)37-29;1-30(2)24-14-5-3-12-22(24)28-23-13-4-6-15-26(23)33(29(28)30)21-11-9-10-20(18-21)25-19-32-17-8-7-16-27(32)31-25/h4-23H,1-3H3;3-23H,1-2H3;3-21H,1-2H3;3-19H,1-2H3. The van der Waals surface area contributed by atoms with E-state index in [1.54, 1.807) is 0 Å². The summed E-state index contributed by atoms with van der Waals surface area (Å²) in [6.07, 6.45) is 5.99. The number of benzene rings is 17. The number of aromatic nitrogens is 12. The monoisotopic (exact) mass is 1930 g/mol. The van der Waals surface area contributed by atoms with Gasteiger partial charge in [-0.1, -0.05) is 377 Å². The smallest absolute Gasteiger partial charge is 0.145 e. The van der Waals surface area contributed by atoms with Crippen molar-refractivity contribution >= 4 is 93.1 Å². The second-order valence-corrected chi connectivity index (χ2v) is 42.3. The summed E-state index contributed by atoms with van der Waals surface area (Å²) in [7, 11) is 2.10. The average molecular weight is 1930 g/mol. The number of fused-ring (bicyclic) bond motifs is 26. The van der Waals surface area contributed by atoms with E-state index in [0.717, 1.165) is 112 Å². The number of hydrogen-bond donors (Lipinski definition) is 0. The number of hydrogen-bond acceptors (Lipinski definition) is 5. The third-order valence-electron chi connectivity index (χ3n) is 32.2. The highest BCUT2D eigenvalue weighted by molar-refractivity contribution is 6.09. The molecule has 0 spiro atoms. The molecule has 0 N–H and O–H groups in total. The van der Waals surface area contributed by atoms with Gasteiger partial charge in [-0.25, -0.2) is 19.9 Å². The van der Waals surface area contributed by atoms with Gasteiger partial charge < -0.3 is 27.2 Å². The SMILES string of the molecule is CC1(C)c2ccccc2-c2c1n(-c1cccc(-c3ccc4ccc5cccnc5c4n3)c1)c1ccccc21.CC1(C)c2ccccc2-c2c1n(-c1cccc(-c3cn4ccccc4n3)c1)c1ccccc21.CC1(C)c2ccccc2-c2c1n(-c1cccc(-n3c(-c4ccccc4)nc4ccccc43)c1)c1ccccc21.Cn1c(-c2ccccc2)nc2ccc(-c3cccc(-n4c5c(c6ccccc64)-c4ccccc4C5(C)C)c3)cc21. The van der Waals surface area contributed by atoms with Crippen LogP contribution in [0.1, 0.15) is 100 Å². The number of aryl methyl sites for hydroxylation is 1. The van der Waals surface area contributed by atoms with E-state index in [-0.39, 0.29) is 21.7 Å². The Balaban J connectivity index is 0.0000000962. The first-order valence-electron chi connectivity index (χ1n) is 51.9. The quantitative estimate of drug-likeness (QED) is 0.127. The summed E-state index contributed by atoms with van der Waals surface area (Å²) in [6.45, 7) is 18.8. The number of para-hydroxylation sites is 6. The highest BCUT2D eigenvalue weighted by Gasteiger charge is 2.46. The molecule has 0 saturated carbocycles. The molecule has 27 aromatic rings.